The highest BCUT2D eigenvalue weighted by Gasteiger charge is 2.37. The number of nitrogens with one attached hydrogen (secondary N) is 1. The number of esters is 1. The maximum atomic E-state index is 13.8. The molecule has 2 aromatic carbocycles. The van der Waals surface area contributed by atoms with Crippen LogP contribution in [0.25, 0.3) is 11.1 Å². The minimum Gasteiger partial charge on any atom is -0.460 e. The van der Waals surface area contributed by atoms with Gasteiger partial charge in [-0.15, -0.1) is 11.3 Å². The van der Waals surface area contributed by atoms with Crippen LogP contribution in [0.3, 0.4) is 0 Å². The highest BCUT2D eigenvalue weighted by atomic mass is 32.1. The lowest BCUT2D eigenvalue weighted by molar-refractivity contribution is -0.156. The van der Waals surface area contributed by atoms with Crippen LogP contribution < -0.4 is 10.2 Å². The maximum Gasteiger partial charge on any atom is 0.426 e. The number of thiophene rings is 1. The fourth-order valence-corrected chi connectivity index (χ4v) is 6.15. The Balaban J connectivity index is 1.49. The average molecular weight is 645 g/mol. The Bertz CT molecular complexity index is 1510. The molecular weight excluding hydrogens is 605 g/mol. The molecule has 2 amide bonds. The number of amides is 2. The maximum absolute atomic E-state index is 13.8. The number of hydrogen-bond donors (Lipinski definition) is 1. The summed E-state index contributed by atoms with van der Waals surface area (Å²) >= 11 is 0.769. The second-order valence-electron chi connectivity index (χ2n) is 13.0. The molecule has 4 rings (SSSR count). The van der Waals surface area contributed by atoms with Gasteiger partial charge in [-0.05, 0) is 89.6 Å². The van der Waals surface area contributed by atoms with E-state index in [1.54, 1.807) is 84.0 Å². The van der Waals surface area contributed by atoms with Gasteiger partial charge in [0.05, 0.1) is 6.42 Å². The first-order chi connectivity index (χ1) is 20.9. The summed E-state index contributed by atoms with van der Waals surface area (Å²) in [5.74, 6) is -1.10. The molecule has 0 bridgehead atoms. The number of alkyl carbamates (subject to hydrolysis) is 1. The molecule has 7 nitrogen and oxygen atoms in total. The molecule has 0 radical (unpaired) electrons. The van der Waals surface area contributed by atoms with Crippen LogP contribution in [0.1, 0.15) is 68.8 Å². The summed E-state index contributed by atoms with van der Waals surface area (Å²) in [7, 11) is 0. The van der Waals surface area contributed by atoms with E-state index in [2.05, 4.69) is 5.32 Å². The van der Waals surface area contributed by atoms with Gasteiger partial charge in [-0.3, -0.25) is 9.59 Å². The number of hydrogen-bond acceptors (Lipinski definition) is 6. The van der Waals surface area contributed by atoms with Gasteiger partial charge in [0.15, 0.2) is 0 Å². The zero-order chi connectivity index (χ0) is 33.2. The fourth-order valence-electron chi connectivity index (χ4n) is 5.10. The van der Waals surface area contributed by atoms with Crippen molar-refractivity contribution in [2.24, 2.45) is 0 Å². The number of carbonyl (C=O) groups excluding carboxylic acids is 3. The quantitative estimate of drug-likeness (QED) is 0.254. The SMILES string of the molecule is CC(C)(C)OC(=O)CC(NC(=O)OC(C)(C)C)C(=O)N1CCc2cc(CCc3cc(-c4ccccc4)c(C(F)(F)F)s3)ccc21. The normalized spacial score (nSPS) is 14.1. The molecule has 1 aliphatic rings. The van der Waals surface area contributed by atoms with Crippen molar-refractivity contribution in [1.82, 2.24) is 5.32 Å². The van der Waals surface area contributed by atoms with E-state index in [1.807, 2.05) is 12.1 Å². The summed E-state index contributed by atoms with van der Waals surface area (Å²) < 4.78 is 52.2. The van der Waals surface area contributed by atoms with Crippen LogP contribution in [-0.4, -0.2) is 41.8 Å². The molecule has 1 unspecified atom stereocenters. The first-order valence-corrected chi connectivity index (χ1v) is 15.6. The zero-order valence-electron chi connectivity index (χ0n) is 26.3. The number of ether oxygens (including phenoxy) is 2. The van der Waals surface area contributed by atoms with Gasteiger partial charge < -0.3 is 19.7 Å². The molecular formula is C34H39F3N2O5S. The number of anilines is 1. The molecule has 11 heteroatoms. The van der Waals surface area contributed by atoms with Gasteiger partial charge in [0.1, 0.15) is 22.1 Å². The van der Waals surface area contributed by atoms with Crippen molar-refractivity contribution in [2.45, 2.75) is 90.6 Å². The van der Waals surface area contributed by atoms with Gasteiger partial charge in [-0.2, -0.15) is 13.2 Å². The Morgan fingerprint density at radius 1 is 0.911 bits per heavy atom. The van der Waals surface area contributed by atoms with Crippen LogP contribution in [0, 0.1) is 0 Å². The molecule has 1 atom stereocenters. The highest BCUT2D eigenvalue weighted by Crippen LogP contribution is 2.43. The largest absolute Gasteiger partial charge is 0.460 e. The first-order valence-electron chi connectivity index (χ1n) is 14.8. The molecule has 0 saturated heterocycles. The van der Waals surface area contributed by atoms with E-state index >= 15 is 0 Å². The Morgan fingerprint density at radius 3 is 2.20 bits per heavy atom. The molecule has 0 saturated carbocycles. The zero-order valence-corrected chi connectivity index (χ0v) is 27.2. The molecule has 45 heavy (non-hydrogen) atoms. The Hall–Kier alpha value is -3.86. The third-order valence-corrected chi connectivity index (χ3v) is 8.11. The van der Waals surface area contributed by atoms with Gasteiger partial charge in [0, 0.05) is 22.7 Å². The number of benzene rings is 2. The molecule has 1 aromatic heterocycles. The number of rotatable bonds is 8. The predicted molar refractivity (Wildman–Crippen MR) is 168 cm³/mol. The second kappa shape index (κ2) is 13.2. The van der Waals surface area contributed by atoms with Crippen molar-refractivity contribution in [3.05, 3.63) is 75.5 Å². The van der Waals surface area contributed by atoms with Crippen molar-refractivity contribution in [3.8, 4) is 11.1 Å². The lowest BCUT2D eigenvalue weighted by Gasteiger charge is -2.27. The molecule has 3 aromatic rings. The molecule has 0 spiro atoms. The van der Waals surface area contributed by atoms with Gasteiger partial charge in [-0.25, -0.2) is 4.79 Å². The van der Waals surface area contributed by atoms with E-state index in [0.717, 1.165) is 22.5 Å². The molecule has 0 fully saturated rings. The first kappa shape index (κ1) is 34.0. The van der Waals surface area contributed by atoms with Gasteiger partial charge in [-0.1, -0.05) is 42.5 Å². The minimum atomic E-state index is -4.45. The van der Waals surface area contributed by atoms with E-state index in [9.17, 15) is 27.6 Å². The molecule has 1 aliphatic heterocycles. The molecule has 242 valence electrons. The van der Waals surface area contributed by atoms with Crippen LogP contribution in [0.2, 0.25) is 0 Å². The van der Waals surface area contributed by atoms with Crippen LogP contribution in [0.15, 0.2) is 54.6 Å². The van der Waals surface area contributed by atoms with Crippen molar-refractivity contribution >= 4 is 35.0 Å². The number of halogens is 3. The fraction of sp³-hybridized carbons (Fsp3) is 0.441. The third kappa shape index (κ3) is 9.32. The smallest absolute Gasteiger partial charge is 0.426 e. The van der Waals surface area contributed by atoms with Crippen molar-refractivity contribution in [3.63, 3.8) is 0 Å². The number of alkyl halides is 3. The molecule has 1 N–H and O–H groups in total. The van der Waals surface area contributed by atoms with E-state index in [0.29, 0.717) is 41.9 Å². The van der Waals surface area contributed by atoms with Gasteiger partial charge in [0.25, 0.3) is 0 Å². The predicted octanol–water partition coefficient (Wildman–Crippen LogP) is 7.73. The van der Waals surface area contributed by atoms with E-state index < -0.39 is 46.3 Å². The van der Waals surface area contributed by atoms with Crippen LogP contribution in [-0.2, 0) is 44.5 Å². The summed E-state index contributed by atoms with van der Waals surface area (Å²) in [6.07, 6.45) is -4.14. The summed E-state index contributed by atoms with van der Waals surface area (Å²) in [6.45, 7) is 10.6. The average Bonchev–Trinajstić information content (AvgIpc) is 3.54. The summed E-state index contributed by atoms with van der Waals surface area (Å²) in [5, 5.41) is 2.54. The van der Waals surface area contributed by atoms with E-state index in [-0.39, 0.29) is 12.0 Å². The monoisotopic (exact) mass is 644 g/mol. The lowest BCUT2D eigenvalue weighted by atomic mass is 10.0. The van der Waals surface area contributed by atoms with Crippen molar-refractivity contribution in [2.75, 3.05) is 11.4 Å². The molecule has 0 aliphatic carbocycles. The molecule has 2 heterocycles. The van der Waals surface area contributed by atoms with Crippen LogP contribution >= 0.6 is 11.3 Å². The van der Waals surface area contributed by atoms with Gasteiger partial charge in [0.2, 0.25) is 5.91 Å². The van der Waals surface area contributed by atoms with Crippen molar-refractivity contribution in [1.29, 1.82) is 0 Å². The van der Waals surface area contributed by atoms with Crippen LogP contribution in [0.4, 0.5) is 23.7 Å². The summed E-state index contributed by atoms with van der Waals surface area (Å²) in [5.41, 5.74) is 1.64. The second-order valence-corrected chi connectivity index (χ2v) is 14.1. The number of carbonyl (C=O) groups is 3. The Morgan fingerprint density at radius 2 is 1.58 bits per heavy atom. The van der Waals surface area contributed by atoms with E-state index in [4.69, 9.17) is 9.47 Å². The minimum absolute atomic E-state index is 0.187. The number of aryl methyl sites for hydroxylation is 2. The van der Waals surface area contributed by atoms with Gasteiger partial charge >= 0.3 is 18.2 Å². The number of fused-ring (bicyclic) bond motifs is 1. The summed E-state index contributed by atoms with van der Waals surface area (Å²) in [4.78, 5) is 40.5. The number of nitrogens with zero attached hydrogens (tertiary/aromatic N) is 1. The van der Waals surface area contributed by atoms with Crippen LogP contribution in [0.5, 0.6) is 0 Å². The Kier molecular flexibility index (Phi) is 10.0. The lowest BCUT2D eigenvalue weighted by Crippen LogP contribution is -2.50. The third-order valence-electron chi connectivity index (χ3n) is 6.87. The highest BCUT2D eigenvalue weighted by molar-refractivity contribution is 7.12. The summed E-state index contributed by atoms with van der Waals surface area (Å²) in [6, 6.07) is 14.6. The van der Waals surface area contributed by atoms with Crippen molar-refractivity contribution < 1.29 is 37.0 Å². The topological polar surface area (TPSA) is 84.9 Å². The Labute approximate surface area is 265 Å². The van der Waals surface area contributed by atoms with E-state index in [1.165, 1.54) is 4.90 Å². The standard InChI is InChI=1S/C34H39F3N2O5S/c1-32(2,3)43-28(40)20-26(38-31(42)44-33(4,5)6)30(41)39-17-16-23-18-21(13-15-27(23)39)12-14-24-19-25(22-10-8-7-9-11-22)29(45-24)34(35,36)37/h7-11,13,15,18-19,26H,12,14,16-17,20H2,1-6H3,(H,38,42).